The molecular formula is C23H24N2O. The molecule has 132 valence electrons. The number of amides is 1. The van der Waals surface area contributed by atoms with Crippen LogP contribution in [0.4, 0.5) is 5.69 Å². The molecule has 4 rings (SSSR count). The van der Waals surface area contributed by atoms with Crippen LogP contribution in [0.1, 0.15) is 36.8 Å². The Hall–Kier alpha value is -2.73. The van der Waals surface area contributed by atoms with Crippen molar-refractivity contribution in [3.05, 3.63) is 65.7 Å². The van der Waals surface area contributed by atoms with E-state index < -0.39 is 0 Å². The van der Waals surface area contributed by atoms with Crippen LogP contribution >= 0.6 is 0 Å². The van der Waals surface area contributed by atoms with Crippen molar-refractivity contribution in [1.82, 2.24) is 5.32 Å². The molecule has 0 spiro atoms. The summed E-state index contributed by atoms with van der Waals surface area (Å²) >= 11 is 0. The molecule has 2 aliphatic rings. The van der Waals surface area contributed by atoms with Gasteiger partial charge in [0.15, 0.2) is 0 Å². The summed E-state index contributed by atoms with van der Waals surface area (Å²) in [6.45, 7) is 0.311. The van der Waals surface area contributed by atoms with Gasteiger partial charge in [0.1, 0.15) is 0 Å². The second-order valence-corrected chi connectivity index (χ2v) is 7.32. The zero-order valence-electron chi connectivity index (χ0n) is 14.9. The van der Waals surface area contributed by atoms with Gasteiger partial charge in [0.05, 0.1) is 6.54 Å². The standard InChI is InChI=1S/C23H24N2O/c26-22(25-23(19-11-12-19)20-13-14-20)16-24-21-8-4-7-18(15-21)10-9-17-5-2-1-3-6-17/h1-8,15,19-20,23-24H,11-14,16H2,(H,25,26). The molecule has 26 heavy (non-hydrogen) atoms. The highest BCUT2D eigenvalue weighted by Crippen LogP contribution is 2.44. The fourth-order valence-electron chi connectivity index (χ4n) is 3.32. The van der Waals surface area contributed by atoms with Gasteiger partial charge in [0.25, 0.3) is 0 Å². The van der Waals surface area contributed by atoms with E-state index in [0.717, 1.165) is 28.7 Å². The molecule has 2 saturated carbocycles. The first kappa shape index (κ1) is 16.7. The van der Waals surface area contributed by atoms with Gasteiger partial charge in [-0.2, -0.15) is 0 Å². The highest BCUT2D eigenvalue weighted by atomic mass is 16.2. The lowest BCUT2D eigenvalue weighted by molar-refractivity contribution is -0.120. The van der Waals surface area contributed by atoms with Crippen molar-refractivity contribution in [1.29, 1.82) is 0 Å². The largest absolute Gasteiger partial charge is 0.376 e. The molecule has 2 aliphatic carbocycles. The Morgan fingerprint density at radius 3 is 2.27 bits per heavy atom. The lowest BCUT2D eigenvalue weighted by Crippen LogP contribution is -2.41. The molecule has 3 nitrogen and oxygen atoms in total. The first-order valence-electron chi connectivity index (χ1n) is 9.48. The second kappa shape index (κ2) is 7.66. The minimum Gasteiger partial charge on any atom is -0.376 e. The van der Waals surface area contributed by atoms with Gasteiger partial charge in [-0.3, -0.25) is 4.79 Å². The van der Waals surface area contributed by atoms with E-state index in [1.165, 1.54) is 25.7 Å². The summed E-state index contributed by atoms with van der Waals surface area (Å²) in [7, 11) is 0. The fourth-order valence-corrected chi connectivity index (χ4v) is 3.32. The highest BCUT2D eigenvalue weighted by Gasteiger charge is 2.42. The van der Waals surface area contributed by atoms with Crippen molar-refractivity contribution in [2.75, 3.05) is 11.9 Å². The highest BCUT2D eigenvalue weighted by molar-refractivity contribution is 5.81. The van der Waals surface area contributed by atoms with Crippen LogP contribution in [0.3, 0.4) is 0 Å². The van der Waals surface area contributed by atoms with Crippen LogP contribution in [0.25, 0.3) is 0 Å². The fraction of sp³-hybridized carbons (Fsp3) is 0.348. The van der Waals surface area contributed by atoms with Crippen LogP contribution in [0.2, 0.25) is 0 Å². The zero-order valence-corrected chi connectivity index (χ0v) is 14.9. The predicted molar refractivity (Wildman–Crippen MR) is 105 cm³/mol. The van der Waals surface area contributed by atoms with Gasteiger partial charge in [0, 0.05) is 22.9 Å². The molecule has 2 N–H and O–H groups in total. The number of hydrogen-bond acceptors (Lipinski definition) is 2. The first-order chi connectivity index (χ1) is 12.8. The molecular weight excluding hydrogens is 320 g/mol. The van der Waals surface area contributed by atoms with Gasteiger partial charge >= 0.3 is 0 Å². The third kappa shape index (κ3) is 4.67. The van der Waals surface area contributed by atoms with Crippen molar-refractivity contribution >= 4 is 11.6 Å². The Morgan fingerprint density at radius 2 is 1.58 bits per heavy atom. The Morgan fingerprint density at radius 1 is 0.923 bits per heavy atom. The minimum absolute atomic E-state index is 0.0922. The summed E-state index contributed by atoms with van der Waals surface area (Å²) in [6, 6.07) is 18.3. The first-order valence-corrected chi connectivity index (χ1v) is 9.48. The van der Waals surface area contributed by atoms with E-state index in [4.69, 9.17) is 0 Å². The molecule has 2 aromatic rings. The monoisotopic (exact) mass is 344 g/mol. The maximum absolute atomic E-state index is 12.3. The quantitative estimate of drug-likeness (QED) is 0.783. The van der Waals surface area contributed by atoms with Crippen molar-refractivity contribution < 1.29 is 4.79 Å². The summed E-state index contributed by atoms with van der Waals surface area (Å²) in [6.07, 6.45) is 5.10. The topological polar surface area (TPSA) is 41.1 Å². The number of carbonyl (C=O) groups excluding carboxylic acids is 1. The molecule has 0 bridgehead atoms. The van der Waals surface area contributed by atoms with Gasteiger partial charge in [-0.1, -0.05) is 36.1 Å². The number of anilines is 1. The van der Waals surface area contributed by atoms with Gasteiger partial charge in [0.2, 0.25) is 5.91 Å². The lowest BCUT2D eigenvalue weighted by atomic mass is 10.1. The molecule has 0 radical (unpaired) electrons. The summed E-state index contributed by atoms with van der Waals surface area (Å²) in [5.74, 6) is 7.88. The Bertz CT molecular complexity index is 814. The van der Waals surface area contributed by atoms with E-state index in [-0.39, 0.29) is 5.91 Å². The number of hydrogen-bond donors (Lipinski definition) is 2. The number of benzene rings is 2. The smallest absolute Gasteiger partial charge is 0.239 e. The van der Waals surface area contributed by atoms with E-state index in [1.807, 2.05) is 54.6 Å². The maximum atomic E-state index is 12.3. The van der Waals surface area contributed by atoms with E-state index in [0.29, 0.717) is 12.6 Å². The van der Waals surface area contributed by atoms with E-state index in [9.17, 15) is 4.79 Å². The van der Waals surface area contributed by atoms with Crippen molar-refractivity contribution in [3.8, 4) is 11.8 Å². The maximum Gasteiger partial charge on any atom is 0.239 e. The summed E-state index contributed by atoms with van der Waals surface area (Å²) in [5.41, 5.74) is 2.86. The van der Waals surface area contributed by atoms with Crippen LogP contribution < -0.4 is 10.6 Å². The van der Waals surface area contributed by atoms with Crippen LogP contribution in [-0.4, -0.2) is 18.5 Å². The summed E-state index contributed by atoms with van der Waals surface area (Å²) in [4.78, 5) is 12.3. The molecule has 0 atom stereocenters. The van der Waals surface area contributed by atoms with E-state index in [2.05, 4.69) is 22.5 Å². The third-order valence-corrected chi connectivity index (χ3v) is 5.03. The van der Waals surface area contributed by atoms with Gasteiger partial charge < -0.3 is 10.6 Å². The third-order valence-electron chi connectivity index (χ3n) is 5.03. The molecule has 0 aromatic heterocycles. The molecule has 3 heteroatoms. The normalized spacial score (nSPS) is 15.9. The molecule has 1 amide bonds. The zero-order chi connectivity index (χ0) is 17.8. The molecule has 0 unspecified atom stereocenters. The second-order valence-electron chi connectivity index (χ2n) is 7.32. The van der Waals surface area contributed by atoms with Gasteiger partial charge in [-0.15, -0.1) is 0 Å². The van der Waals surface area contributed by atoms with Crippen molar-refractivity contribution in [2.45, 2.75) is 31.7 Å². The predicted octanol–water partition coefficient (Wildman–Crippen LogP) is 3.80. The van der Waals surface area contributed by atoms with E-state index >= 15 is 0 Å². The lowest BCUT2D eigenvalue weighted by Gasteiger charge is -2.18. The van der Waals surface area contributed by atoms with Crippen LogP contribution in [0.15, 0.2) is 54.6 Å². The number of carbonyl (C=O) groups is 1. The van der Waals surface area contributed by atoms with Crippen LogP contribution in [0.5, 0.6) is 0 Å². The molecule has 0 heterocycles. The van der Waals surface area contributed by atoms with Crippen molar-refractivity contribution in [3.63, 3.8) is 0 Å². The van der Waals surface area contributed by atoms with Crippen molar-refractivity contribution in [2.24, 2.45) is 11.8 Å². The number of nitrogens with one attached hydrogen (secondary N) is 2. The Balaban J connectivity index is 1.32. The van der Waals surface area contributed by atoms with Gasteiger partial charge in [-0.05, 0) is 67.9 Å². The molecule has 0 saturated heterocycles. The molecule has 2 aromatic carbocycles. The summed E-state index contributed by atoms with van der Waals surface area (Å²) in [5, 5.41) is 6.47. The molecule has 2 fully saturated rings. The minimum atomic E-state index is 0.0922. The Kier molecular flexibility index (Phi) is 4.93. The average Bonchev–Trinajstić information content (AvgIpc) is 3.57. The van der Waals surface area contributed by atoms with Crippen LogP contribution in [0, 0.1) is 23.7 Å². The van der Waals surface area contributed by atoms with E-state index in [1.54, 1.807) is 0 Å². The number of rotatable bonds is 6. The van der Waals surface area contributed by atoms with Gasteiger partial charge in [-0.25, -0.2) is 0 Å². The Labute approximate surface area is 155 Å². The molecule has 0 aliphatic heterocycles. The average molecular weight is 344 g/mol. The summed E-state index contributed by atoms with van der Waals surface area (Å²) < 4.78 is 0. The van der Waals surface area contributed by atoms with Crippen LogP contribution in [-0.2, 0) is 4.79 Å². The SMILES string of the molecule is O=C(CNc1cccc(C#Cc2ccccc2)c1)NC(C1CC1)C1CC1.